The fourth-order valence-electron chi connectivity index (χ4n) is 8.02. The maximum atomic E-state index is 13.4. The summed E-state index contributed by atoms with van der Waals surface area (Å²) in [5.41, 5.74) is 2.25. The second-order valence-electron chi connectivity index (χ2n) is 15.7. The summed E-state index contributed by atoms with van der Waals surface area (Å²) in [5, 5.41) is 18.0. The average Bonchev–Trinajstić information content (AvgIpc) is 3.79. The highest BCUT2D eigenvalue weighted by atomic mass is 32.2. The molecule has 0 saturated carbocycles. The van der Waals surface area contributed by atoms with E-state index in [1.165, 1.54) is 24.3 Å². The van der Waals surface area contributed by atoms with E-state index in [0.717, 1.165) is 24.3 Å². The Kier molecular flexibility index (Phi) is 14.9. The van der Waals surface area contributed by atoms with Crippen LogP contribution in [0.25, 0.3) is 0 Å². The van der Waals surface area contributed by atoms with Crippen LogP contribution in [0.3, 0.4) is 0 Å². The van der Waals surface area contributed by atoms with Gasteiger partial charge < -0.3 is 29.6 Å². The molecule has 7 rings (SSSR count). The summed E-state index contributed by atoms with van der Waals surface area (Å²) in [6, 6.07) is 13.2. The molecule has 0 bridgehead atoms. The molecule has 0 aliphatic carbocycles. The molecule has 20 nitrogen and oxygen atoms in total. The average molecular weight is 949 g/mol. The van der Waals surface area contributed by atoms with Crippen molar-refractivity contribution >= 4 is 55.0 Å². The molecule has 22 heteroatoms. The van der Waals surface area contributed by atoms with Crippen LogP contribution < -0.4 is 39.0 Å². The molecule has 0 saturated heterocycles. The first-order valence-electron chi connectivity index (χ1n) is 21.9. The number of carbonyl (C=O) groups excluding carboxylic acids is 2. The molecule has 0 aromatic heterocycles. The summed E-state index contributed by atoms with van der Waals surface area (Å²) in [6.45, 7) is 8.18. The van der Waals surface area contributed by atoms with Gasteiger partial charge in [0.15, 0.2) is 12.1 Å². The minimum atomic E-state index is -4.02. The predicted octanol–water partition coefficient (Wildman–Crippen LogP) is 2.63. The first kappa shape index (κ1) is 47.9. The maximum Gasteiger partial charge on any atom is 0.252 e. The molecule has 4 atom stereocenters. The lowest BCUT2D eigenvalue weighted by Gasteiger charge is -2.28. The van der Waals surface area contributed by atoms with E-state index in [4.69, 9.17) is 28.9 Å². The van der Waals surface area contributed by atoms with Gasteiger partial charge in [-0.1, -0.05) is 26.7 Å². The lowest BCUT2D eigenvalue weighted by Crippen LogP contribution is -2.54. The molecule has 4 aliphatic rings. The number of benzene rings is 3. The van der Waals surface area contributed by atoms with Crippen molar-refractivity contribution in [3.63, 3.8) is 0 Å². The van der Waals surface area contributed by atoms with Crippen LogP contribution in [-0.2, 0) is 29.6 Å². The van der Waals surface area contributed by atoms with Crippen LogP contribution >= 0.6 is 0 Å². The van der Waals surface area contributed by atoms with Crippen molar-refractivity contribution < 1.29 is 45.4 Å². The number of likely N-dealkylation sites (N-methyl/N-ethyl adjacent to an activating group) is 2. The van der Waals surface area contributed by atoms with E-state index in [9.17, 15) is 26.4 Å². The Morgan fingerprint density at radius 3 is 1.35 bits per heavy atom. The molecular formula is C44H56N10O10S2. The number of nitrogens with one attached hydrogen (secondary N) is 4. The van der Waals surface area contributed by atoms with Gasteiger partial charge in [-0.05, 0) is 87.4 Å². The smallest absolute Gasteiger partial charge is 0.252 e. The predicted molar refractivity (Wildman–Crippen MR) is 248 cm³/mol. The molecule has 354 valence electrons. The topological polar surface area (TPSA) is 243 Å². The van der Waals surface area contributed by atoms with Crippen LogP contribution in [0.4, 0.5) is 0 Å². The number of nitrogens with zero attached hydrogens (tertiary/aromatic N) is 6. The fourth-order valence-corrected chi connectivity index (χ4v) is 10.1. The summed E-state index contributed by atoms with van der Waals surface area (Å²) < 4.78 is 82.0. The van der Waals surface area contributed by atoms with Crippen LogP contribution in [0.15, 0.2) is 90.6 Å². The molecule has 3 aromatic carbocycles. The van der Waals surface area contributed by atoms with E-state index >= 15 is 0 Å². The quantitative estimate of drug-likeness (QED) is 0.106. The number of amidine groups is 2. The largest absolute Gasteiger partial charge is 0.493 e. The number of sulfonamides is 2. The molecule has 4 heterocycles. The Labute approximate surface area is 385 Å². The van der Waals surface area contributed by atoms with Crippen LogP contribution in [0.1, 0.15) is 64.5 Å². The van der Waals surface area contributed by atoms with Crippen LogP contribution in [0, 0.1) is 0 Å². The third-order valence-electron chi connectivity index (χ3n) is 11.0. The van der Waals surface area contributed by atoms with Crippen LogP contribution in [0.5, 0.6) is 23.0 Å². The molecule has 3 aromatic rings. The van der Waals surface area contributed by atoms with Crippen molar-refractivity contribution in [2.45, 2.75) is 87.3 Å². The van der Waals surface area contributed by atoms with Crippen molar-refractivity contribution in [1.29, 1.82) is 0 Å². The number of rotatable bonds is 22. The Morgan fingerprint density at radius 1 is 0.591 bits per heavy atom. The molecule has 4 unspecified atom stereocenters. The molecule has 4 aliphatic heterocycles. The minimum Gasteiger partial charge on any atom is -0.493 e. The Hall–Kier alpha value is -6.10. The lowest BCUT2D eigenvalue weighted by molar-refractivity contribution is -0.125. The summed E-state index contributed by atoms with van der Waals surface area (Å²) in [5.74, 6) is 1.51. The number of amides is 2. The summed E-state index contributed by atoms with van der Waals surface area (Å²) in [7, 11) is -4.57. The molecule has 0 spiro atoms. The van der Waals surface area contributed by atoms with Gasteiger partial charge in [-0.25, -0.2) is 26.3 Å². The van der Waals surface area contributed by atoms with Crippen molar-refractivity contribution in [3.8, 4) is 23.0 Å². The van der Waals surface area contributed by atoms with E-state index < -0.39 is 44.2 Å². The third kappa shape index (κ3) is 10.5. The van der Waals surface area contributed by atoms with E-state index in [1.54, 1.807) is 74.4 Å². The highest BCUT2D eigenvalue weighted by molar-refractivity contribution is 7.89. The van der Waals surface area contributed by atoms with Gasteiger partial charge >= 0.3 is 0 Å². The fraction of sp³-hybridized carbons (Fsp3) is 0.455. The first-order chi connectivity index (χ1) is 31.7. The first-order valence-corrected chi connectivity index (χ1v) is 24.9. The maximum absolute atomic E-state index is 13.4. The van der Waals surface area contributed by atoms with E-state index in [-0.39, 0.29) is 59.6 Å². The number of carbonyl (C=O) groups is 2. The van der Waals surface area contributed by atoms with E-state index in [2.05, 4.69) is 30.3 Å². The number of aliphatic imine (C=N–C) groups is 2. The highest BCUT2D eigenvalue weighted by Gasteiger charge is 2.45. The van der Waals surface area contributed by atoms with Crippen molar-refractivity contribution in [2.24, 2.45) is 20.2 Å². The number of hydrogen-bond acceptors (Lipinski definition) is 16. The van der Waals surface area contributed by atoms with Gasteiger partial charge in [0.2, 0.25) is 20.0 Å². The van der Waals surface area contributed by atoms with Gasteiger partial charge in [0, 0.05) is 27.2 Å². The molecule has 2 amide bonds. The monoisotopic (exact) mass is 948 g/mol. The summed E-state index contributed by atoms with van der Waals surface area (Å²) >= 11 is 0. The van der Waals surface area contributed by atoms with Crippen molar-refractivity contribution in [2.75, 3.05) is 53.6 Å². The van der Waals surface area contributed by atoms with Gasteiger partial charge in [-0.2, -0.15) is 10.2 Å². The zero-order valence-electron chi connectivity index (χ0n) is 37.7. The van der Waals surface area contributed by atoms with Gasteiger partial charge in [-0.3, -0.25) is 29.6 Å². The minimum absolute atomic E-state index is 0.00354. The third-order valence-corrected chi connectivity index (χ3v) is 13.9. The zero-order valence-corrected chi connectivity index (χ0v) is 39.4. The van der Waals surface area contributed by atoms with Crippen molar-refractivity contribution in [3.05, 3.63) is 71.8 Å². The summed E-state index contributed by atoms with van der Waals surface area (Å²) in [4.78, 5) is 35.9. The Bertz CT molecular complexity index is 2480. The highest BCUT2D eigenvalue weighted by Crippen LogP contribution is 2.31. The molecular weight excluding hydrogens is 893 g/mol. The number of hydrogen-bond donors (Lipinski definition) is 4. The van der Waals surface area contributed by atoms with Gasteiger partial charge in [0.05, 0.1) is 45.6 Å². The van der Waals surface area contributed by atoms with Crippen LogP contribution in [0.2, 0.25) is 0 Å². The van der Waals surface area contributed by atoms with Crippen LogP contribution in [-0.4, -0.2) is 140 Å². The normalized spacial score (nSPS) is 20.3. The lowest BCUT2D eigenvalue weighted by atomic mass is 9.98. The second kappa shape index (κ2) is 20.6. The zero-order chi connectivity index (χ0) is 47.2. The second-order valence-corrected chi connectivity index (χ2v) is 19.2. The number of hydrazone groups is 2. The van der Waals surface area contributed by atoms with Gasteiger partial charge in [0.1, 0.15) is 60.0 Å². The van der Waals surface area contributed by atoms with E-state index in [1.807, 2.05) is 13.8 Å². The van der Waals surface area contributed by atoms with Gasteiger partial charge in [0.25, 0.3) is 11.8 Å². The Morgan fingerprint density at radius 2 is 0.985 bits per heavy atom. The molecule has 0 radical (unpaired) electrons. The Balaban J connectivity index is 0.911. The van der Waals surface area contributed by atoms with E-state index in [0.29, 0.717) is 60.2 Å². The number of fused-ring (bicyclic) bond motifs is 2. The number of ether oxygens (including phenoxy) is 4. The molecule has 0 fully saturated rings. The van der Waals surface area contributed by atoms with Gasteiger partial charge in [-0.15, -0.1) is 0 Å². The van der Waals surface area contributed by atoms with Crippen molar-refractivity contribution in [1.82, 2.24) is 30.1 Å². The SMILES string of the molecule is CCCC1=NN(C)C2C(=O)NC(c3cc(S(=O)(=O)NCCOc4ccc(OCCNS(=O)(=O)c5ccc(OCC)c(C6=NC7C(CCC)=NN(C)C7C(=O)N6)c5)cc4)ccc3OCC)=NC12. The molecule has 4 N–H and O–H groups in total. The summed E-state index contributed by atoms with van der Waals surface area (Å²) in [6.07, 6.45) is 3.01. The standard InChI is InChI=1S/C44H56N10O10S2/c1-7-11-33-37-39(53(5)51-33)43(55)49-41(47-37)31-25-29(17-19-35(31)61-9-3)65(57,58)45-21-23-63-27-13-15-28(16-14-27)64-24-22-46-66(59,60)30-18-20-36(62-10-4)32(26-30)42-48-38-34(12-8-2)52-54(6)40(38)44(56)50-42/h13-20,25-26,37-40,45-46H,7-12,21-24H2,1-6H3,(H,47,49,55)(H,48,50,56). The molecule has 66 heavy (non-hydrogen) atoms.